The normalized spacial score (nSPS) is 10.2. The van der Waals surface area contributed by atoms with E-state index in [4.69, 9.17) is 4.74 Å². The van der Waals surface area contributed by atoms with Crippen molar-refractivity contribution in [3.8, 4) is 5.75 Å². The summed E-state index contributed by atoms with van der Waals surface area (Å²) in [6.07, 6.45) is 0. The molecule has 3 aromatic rings. The predicted molar refractivity (Wildman–Crippen MR) is 101 cm³/mol. The van der Waals surface area contributed by atoms with Gasteiger partial charge < -0.3 is 4.74 Å². The zero-order valence-corrected chi connectivity index (χ0v) is 15.5. The zero-order chi connectivity index (χ0) is 16.8. The highest BCUT2D eigenvalue weighted by Gasteiger charge is 2.16. The van der Waals surface area contributed by atoms with Crippen molar-refractivity contribution < 1.29 is 9.53 Å². The summed E-state index contributed by atoms with van der Waals surface area (Å²) in [5.41, 5.74) is 3.00. The number of benzene rings is 3. The van der Waals surface area contributed by atoms with Crippen LogP contribution in [0.5, 0.6) is 5.75 Å². The Labute approximate surface area is 144 Å². The Kier molecular flexibility index (Phi) is 5.04. The largest absolute Gasteiger partial charge is 0.423 e. The van der Waals surface area contributed by atoms with Crippen LogP contribution in [-0.4, -0.2) is 16.2 Å². The van der Waals surface area contributed by atoms with Crippen molar-refractivity contribution in [1.29, 1.82) is 0 Å². The highest BCUT2D eigenvalue weighted by Crippen LogP contribution is 2.26. The minimum Gasteiger partial charge on any atom is -0.423 e. The monoisotopic (exact) mass is 330 g/mol. The third-order valence-corrected chi connectivity index (χ3v) is 4.67. The van der Waals surface area contributed by atoms with Crippen LogP contribution in [0.2, 0.25) is 0 Å². The first kappa shape index (κ1) is 16.0. The molecule has 118 valence electrons. The Balaban J connectivity index is 2.03. The summed E-state index contributed by atoms with van der Waals surface area (Å²) in [6, 6.07) is 29.2. The number of para-hydroxylation sites is 1. The SMILES string of the molecule is O=C(Oc1ccccc1)C([SiH3])=C(c1ccccc1)c1ccccc1. The Bertz CT molecular complexity index is 799. The van der Waals surface area contributed by atoms with E-state index in [1.54, 1.807) is 12.1 Å². The van der Waals surface area contributed by atoms with E-state index in [1.165, 1.54) is 0 Å². The van der Waals surface area contributed by atoms with E-state index >= 15 is 0 Å². The summed E-state index contributed by atoms with van der Waals surface area (Å²) in [4.78, 5) is 12.7. The van der Waals surface area contributed by atoms with Crippen molar-refractivity contribution in [2.24, 2.45) is 0 Å². The molecule has 2 nitrogen and oxygen atoms in total. The van der Waals surface area contributed by atoms with Gasteiger partial charge in [-0.2, -0.15) is 0 Å². The number of esters is 1. The number of ether oxygens (including phenoxy) is 1. The van der Waals surface area contributed by atoms with Gasteiger partial charge in [0.1, 0.15) is 5.75 Å². The van der Waals surface area contributed by atoms with Gasteiger partial charge in [-0.3, -0.25) is 0 Å². The van der Waals surface area contributed by atoms with Crippen molar-refractivity contribution in [3.63, 3.8) is 0 Å². The summed E-state index contributed by atoms with van der Waals surface area (Å²) in [7, 11) is 0.592. The van der Waals surface area contributed by atoms with Crippen molar-refractivity contribution in [2.45, 2.75) is 0 Å². The third kappa shape index (κ3) is 3.70. The van der Waals surface area contributed by atoms with Crippen molar-refractivity contribution in [1.82, 2.24) is 0 Å². The van der Waals surface area contributed by atoms with Crippen LogP contribution in [-0.2, 0) is 4.79 Å². The van der Waals surface area contributed by atoms with Crippen LogP contribution in [0.3, 0.4) is 0 Å². The number of carbonyl (C=O) groups excluding carboxylic acids is 1. The lowest BCUT2D eigenvalue weighted by Gasteiger charge is -2.13. The van der Waals surface area contributed by atoms with E-state index < -0.39 is 0 Å². The molecule has 0 radical (unpaired) electrons. The second-order valence-corrected chi connectivity index (χ2v) is 6.43. The number of carbonyl (C=O) groups is 1. The minimum atomic E-state index is -0.282. The molecule has 0 aromatic heterocycles. The lowest BCUT2D eigenvalue weighted by Crippen LogP contribution is -2.14. The molecule has 0 aliphatic carbocycles. The molecule has 0 heterocycles. The van der Waals surface area contributed by atoms with E-state index in [0.29, 0.717) is 16.0 Å². The standard InChI is InChI=1S/C21H18O2Si/c22-21(23-18-14-8-3-9-15-18)20(24)19(16-10-4-1-5-11-16)17-12-6-2-7-13-17/h1-15H,24H3. The van der Waals surface area contributed by atoms with Crippen LogP contribution in [0, 0.1) is 0 Å². The van der Waals surface area contributed by atoms with E-state index in [0.717, 1.165) is 21.9 Å². The molecule has 0 saturated carbocycles. The highest BCUT2D eigenvalue weighted by molar-refractivity contribution is 6.40. The Morgan fingerprint density at radius 2 is 1.08 bits per heavy atom. The van der Waals surface area contributed by atoms with Gasteiger partial charge in [0, 0.05) is 15.4 Å². The van der Waals surface area contributed by atoms with Gasteiger partial charge >= 0.3 is 5.97 Å². The molecule has 0 spiro atoms. The van der Waals surface area contributed by atoms with Gasteiger partial charge in [-0.05, 0) is 28.8 Å². The van der Waals surface area contributed by atoms with E-state index in [2.05, 4.69) is 0 Å². The fourth-order valence-corrected chi connectivity index (χ4v) is 3.26. The lowest BCUT2D eigenvalue weighted by atomic mass is 9.97. The smallest absolute Gasteiger partial charge is 0.334 e. The minimum absolute atomic E-state index is 0.282. The number of rotatable bonds is 4. The Morgan fingerprint density at radius 1 is 0.667 bits per heavy atom. The van der Waals surface area contributed by atoms with Crippen molar-refractivity contribution in [3.05, 3.63) is 107 Å². The topological polar surface area (TPSA) is 26.3 Å². The molecule has 24 heavy (non-hydrogen) atoms. The quantitative estimate of drug-likeness (QED) is 0.317. The van der Waals surface area contributed by atoms with Crippen LogP contribution in [0.15, 0.2) is 96.2 Å². The van der Waals surface area contributed by atoms with Crippen molar-refractivity contribution in [2.75, 3.05) is 0 Å². The average Bonchev–Trinajstić information content (AvgIpc) is 2.64. The third-order valence-electron chi connectivity index (χ3n) is 3.76. The second-order valence-electron chi connectivity index (χ2n) is 5.43. The average molecular weight is 330 g/mol. The van der Waals surface area contributed by atoms with E-state index in [-0.39, 0.29) is 5.97 Å². The summed E-state index contributed by atoms with van der Waals surface area (Å²) in [6.45, 7) is 0. The first-order valence-corrected chi connectivity index (χ1v) is 8.84. The molecule has 0 bridgehead atoms. The van der Waals surface area contributed by atoms with Crippen LogP contribution >= 0.6 is 0 Å². The van der Waals surface area contributed by atoms with Crippen LogP contribution in [0.1, 0.15) is 11.1 Å². The molecule has 0 saturated heterocycles. The maximum Gasteiger partial charge on any atom is 0.334 e. The molecule has 3 aromatic carbocycles. The molecular weight excluding hydrogens is 312 g/mol. The van der Waals surface area contributed by atoms with Gasteiger partial charge in [-0.25, -0.2) is 4.79 Å². The van der Waals surface area contributed by atoms with Gasteiger partial charge in [0.05, 0.1) is 0 Å². The lowest BCUT2D eigenvalue weighted by molar-refractivity contribution is -0.129. The maximum atomic E-state index is 12.7. The van der Waals surface area contributed by atoms with Crippen LogP contribution in [0.25, 0.3) is 5.57 Å². The highest BCUT2D eigenvalue weighted by atomic mass is 28.1. The number of hydrogen-bond donors (Lipinski definition) is 0. The first-order valence-electron chi connectivity index (χ1n) is 7.84. The van der Waals surface area contributed by atoms with E-state index in [1.807, 2.05) is 78.9 Å². The Morgan fingerprint density at radius 3 is 1.54 bits per heavy atom. The maximum absolute atomic E-state index is 12.7. The Hall–Kier alpha value is -2.91. The molecule has 0 aliphatic rings. The van der Waals surface area contributed by atoms with Gasteiger partial charge in [0.25, 0.3) is 0 Å². The molecule has 0 fully saturated rings. The van der Waals surface area contributed by atoms with Gasteiger partial charge in [-0.1, -0.05) is 78.9 Å². The molecule has 0 amide bonds. The van der Waals surface area contributed by atoms with Gasteiger partial charge in [0.15, 0.2) is 0 Å². The number of hydrogen-bond acceptors (Lipinski definition) is 2. The van der Waals surface area contributed by atoms with Crippen LogP contribution < -0.4 is 4.74 Å². The summed E-state index contributed by atoms with van der Waals surface area (Å²) < 4.78 is 5.54. The first-order chi connectivity index (χ1) is 11.8. The predicted octanol–water partition coefficient (Wildman–Crippen LogP) is 3.42. The second kappa shape index (κ2) is 7.57. The molecule has 3 heteroatoms. The summed E-state index contributed by atoms with van der Waals surface area (Å²) in [5.74, 6) is 0.284. The molecule has 0 unspecified atom stereocenters. The molecule has 0 N–H and O–H groups in total. The van der Waals surface area contributed by atoms with Gasteiger partial charge in [0.2, 0.25) is 0 Å². The zero-order valence-electron chi connectivity index (χ0n) is 13.5. The van der Waals surface area contributed by atoms with Gasteiger partial charge in [-0.15, -0.1) is 0 Å². The van der Waals surface area contributed by atoms with E-state index in [9.17, 15) is 4.79 Å². The molecule has 0 atom stereocenters. The molecular formula is C21H18O2Si. The summed E-state index contributed by atoms with van der Waals surface area (Å²) >= 11 is 0. The fourth-order valence-electron chi connectivity index (χ4n) is 2.58. The molecule has 0 aliphatic heterocycles. The fraction of sp³-hybridized carbons (Fsp3) is 0. The van der Waals surface area contributed by atoms with Crippen LogP contribution in [0.4, 0.5) is 0 Å². The molecule has 3 rings (SSSR count). The summed E-state index contributed by atoms with van der Waals surface area (Å²) in [5, 5.41) is 0.719. The van der Waals surface area contributed by atoms with Crippen molar-refractivity contribution >= 4 is 21.8 Å².